The number of carbonyl (C=O) groups is 1. The number of allylic oxidation sites excluding steroid dienone is 2. The van der Waals surface area contributed by atoms with Crippen LogP contribution in [0.5, 0.6) is 0 Å². The Hall–Kier alpha value is -2.26. The smallest absolute Gasteiger partial charge is 0.335 e. The molecule has 1 aliphatic heterocycles. The largest absolute Gasteiger partial charge is 0.478 e. The summed E-state index contributed by atoms with van der Waals surface area (Å²) in [4.78, 5) is 11.2. The van der Waals surface area contributed by atoms with E-state index in [1.54, 1.807) is 12.1 Å². The third-order valence-electron chi connectivity index (χ3n) is 4.84. The van der Waals surface area contributed by atoms with Gasteiger partial charge in [0.15, 0.2) is 0 Å². The van der Waals surface area contributed by atoms with Crippen molar-refractivity contribution in [2.75, 3.05) is 5.32 Å². The summed E-state index contributed by atoms with van der Waals surface area (Å²) >= 11 is 6.00. The molecule has 0 aromatic heterocycles. The maximum Gasteiger partial charge on any atom is 0.335 e. The fourth-order valence-electron chi connectivity index (χ4n) is 3.73. The zero-order valence-electron chi connectivity index (χ0n) is 12.4. The summed E-state index contributed by atoms with van der Waals surface area (Å²) in [7, 11) is 0. The third-order valence-corrected chi connectivity index (χ3v) is 5.09. The second kappa shape index (κ2) is 5.43. The molecule has 2 N–H and O–H groups in total. The van der Waals surface area contributed by atoms with Gasteiger partial charge in [-0.3, -0.25) is 0 Å². The van der Waals surface area contributed by atoms with Crippen LogP contribution in [0.2, 0.25) is 5.02 Å². The fraction of sp³-hybridized carbons (Fsp3) is 0.211. The number of benzene rings is 2. The van der Waals surface area contributed by atoms with Crippen LogP contribution in [0.3, 0.4) is 0 Å². The lowest BCUT2D eigenvalue weighted by Gasteiger charge is -2.37. The molecule has 1 heterocycles. The van der Waals surface area contributed by atoms with Gasteiger partial charge in [0.1, 0.15) is 0 Å². The molecule has 0 amide bonds. The lowest BCUT2D eigenvalue weighted by Crippen LogP contribution is -2.29. The summed E-state index contributed by atoms with van der Waals surface area (Å²) in [5.41, 5.74) is 3.65. The number of hydrogen-bond acceptors (Lipinski definition) is 2. The number of carboxylic acids is 1. The van der Waals surface area contributed by atoms with E-state index in [9.17, 15) is 9.90 Å². The molecule has 4 heteroatoms. The molecule has 4 rings (SSSR count). The Kier molecular flexibility index (Phi) is 3.38. The number of anilines is 1. The molecule has 2 aromatic carbocycles. The lowest BCUT2D eigenvalue weighted by molar-refractivity contribution is 0.0696. The topological polar surface area (TPSA) is 49.3 Å². The summed E-state index contributed by atoms with van der Waals surface area (Å²) in [6.07, 6.45) is 5.39. The van der Waals surface area contributed by atoms with Gasteiger partial charge in [0.05, 0.1) is 11.6 Å². The molecule has 3 nitrogen and oxygen atoms in total. The van der Waals surface area contributed by atoms with E-state index in [1.807, 2.05) is 18.2 Å². The number of halogens is 1. The van der Waals surface area contributed by atoms with Crippen molar-refractivity contribution >= 4 is 23.3 Å². The van der Waals surface area contributed by atoms with E-state index >= 15 is 0 Å². The maximum atomic E-state index is 11.2. The van der Waals surface area contributed by atoms with Crippen molar-refractivity contribution in [1.82, 2.24) is 0 Å². The Morgan fingerprint density at radius 3 is 2.70 bits per heavy atom. The first-order chi connectivity index (χ1) is 11.1. The van der Waals surface area contributed by atoms with Crippen LogP contribution in [0, 0.1) is 5.92 Å². The number of fused-ring (bicyclic) bond motifs is 3. The minimum absolute atomic E-state index is 0.204. The zero-order valence-corrected chi connectivity index (χ0v) is 13.1. The molecule has 0 bridgehead atoms. The number of aromatic carboxylic acids is 1. The third kappa shape index (κ3) is 2.41. The van der Waals surface area contributed by atoms with Crippen molar-refractivity contribution in [1.29, 1.82) is 0 Å². The van der Waals surface area contributed by atoms with E-state index in [0.29, 0.717) is 11.5 Å². The van der Waals surface area contributed by atoms with Gasteiger partial charge >= 0.3 is 5.97 Å². The van der Waals surface area contributed by atoms with Crippen LogP contribution < -0.4 is 5.32 Å². The molecular weight excluding hydrogens is 310 g/mol. The van der Waals surface area contributed by atoms with Gasteiger partial charge in [-0.2, -0.15) is 0 Å². The molecule has 0 unspecified atom stereocenters. The minimum Gasteiger partial charge on any atom is -0.478 e. The average Bonchev–Trinajstić information content (AvgIpc) is 3.04. The maximum absolute atomic E-state index is 11.2. The van der Waals surface area contributed by atoms with Crippen LogP contribution in [0.1, 0.15) is 39.9 Å². The number of rotatable bonds is 2. The van der Waals surface area contributed by atoms with Crippen LogP contribution in [-0.2, 0) is 0 Å². The van der Waals surface area contributed by atoms with Crippen LogP contribution in [0.15, 0.2) is 54.6 Å². The van der Waals surface area contributed by atoms with Gasteiger partial charge in [-0.05, 0) is 53.8 Å². The first-order valence-corrected chi connectivity index (χ1v) is 8.07. The molecule has 3 atom stereocenters. The van der Waals surface area contributed by atoms with Gasteiger partial charge in [0.2, 0.25) is 0 Å². The van der Waals surface area contributed by atoms with E-state index < -0.39 is 5.97 Å². The highest BCUT2D eigenvalue weighted by molar-refractivity contribution is 6.30. The van der Waals surface area contributed by atoms with Gasteiger partial charge in [-0.1, -0.05) is 35.9 Å². The van der Waals surface area contributed by atoms with Gasteiger partial charge in [0, 0.05) is 16.6 Å². The first-order valence-electron chi connectivity index (χ1n) is 7.69. The number of nitrogens with one attached hydrogen (secondary N) is 1. The van der Waals surface area contributed by atoms with Crippen molar-refractivity contribution in [2.45, 2.75) is 18.4 Å². The first kappa shape index (κ1) is 14.3. The fourth-order valence-corrected chi connectivity index (χ4v) is 3.85. The van der Waals surface area contributed by atoms with E-state index in [4.69, 9.17) is 11.6 Å². The Bertz CT molecular complexity index is 798. The van der Waals surface area contributed by atoms with Crippen molar-refractivity contribution in [2.24, 2.45) is 5.92 Å². The molecule has 23 heavy (non-hydrogen) atoms. The normalized spacial score (nSPS) is 24.7. The summed E-state index contributed by atoms with van der Waals surface area (Å²) in [5.74, 6) is -0.231. The van der Waals surface area contributed by atoms with E-state index in [-0.39, 0.29) is 12.0 Å². The van der Waals surface area contributed by atoms with Gasteiger partial charge in [-0.25, -0.2) is 4.79 Å². The van der Waals surface area contributed by atoms with Crippen LogP contribution in [-0.4, -0.2) is 11.1 Å². The van der Waals surface area contributed by atoms with Gasteiger partial charge in [0.25, 0.3) is 0 Å². The minimum atomic E-state index is -0.883. The Morgan fingerprint density at radius 1 is 1.17 bits per heavy atom. The van der Waals surface area contributed by atoms with Crippen molar-refractivity contribution in [3.8, 4) is 0 Å². The Labute approximate surface area is 139 Å². The second-order valence-electron chi connectivity index (χ2n) is 6.13. The van der Waals surface area contributed by atoms with Crippen molar-refractivity contribution in [3.05, 3.63) is 76.3 Å². The quantitative estimate of drug-likeness (QED) is 0.775. The van der Waals surface area contributed by atoms with Gasteiger partial charge in [-0.15, -0.1) is 0 Å². The molecule has 2 aromatic rings. The second-order valence-corrected chi connectivity index (χ2v) is 6.57. The summed E-state index contributed by atoms with van der Waals surface area (Å²) in [5, 5.41) is 13.6. The van der Waals surface area contributed by atoms with Crippen molar-refractivity contribution < 1.29 is 9.90 Å². The molecule has 116 valence electrons. The monoisotopic (exact) mass is 325 g/mol. The molecule has 0 saturated carbocycles. The standard InChI is InChI=1S/C19H16ClNO2/c20-13-7-4-11(5-8-13)18-15-3-1-2-14(15)16-10-12(19(22)23)6-9-17(16)21-18/h1-2,4-10,14-15,18,21H,3H2,(H,22,23)/t14-,15+,18+/m1/s1. The molecule has 0 fully saturated rings. The van der Waals surface area contributed by atoms with E-state index in [0.717, 1.165) is 22.7 Å². The van der Waals surface area contributed by atoms with Crippen LogP contribution >= 0.6 is 11.6 Å². The molecule has 0 radical (unpaired) electrons. The van der Waals surface area contributed by atoms with Crippen LogP contribution in [0.4, 0.5) is 5.69 Å². The SMILES string of the molecule is O=C(O)c1ccc2c(c1)[C@@H]1C=CC[C@@H]1[C@H](c1ccc(Cl)cc1)N2. The predicted octanol–water partition coefficient (Wildman–Crippen LogP) is 4.86. The van der Waals surface area contributed by atoms with Crippen LogP contribution in [0.25, 0.3) is 0 Å². The summed E-state index contributed by atoms with van der Waals surface area (Å²) < 4.78 is 0. The zero-order chi connectivity index (χ0) is 16.0. The summed E-state index contributed by atoms with van der Waals surface area (Å²) in [6.45, 7) is 0. The summed E-state index contributed by atoms with van der Waals surface area (Å²) in [6, 6.07) is 13.5. The molecule has 0 spiro atoms. The molecule has 0 saturated heterocycles. The predicted molar refractivity (Wildman–Crippen MR) is 91.2 cm³/mol. The highest BCUT2D eigenvalue weighted by Crippen LogP contribution is 2.49. The van der Waals surface area contributed by atoms with E-state index in [1.165, 1.54) is 5.56 Å². The highest BCUT2D eigenvalue weighted by atomic mass is 35.5. The number of hydrogen-bond donors (Lipinski definition) is 2. The lowest BCUT2D eigenvalue weighted by atomic mass is 9.76. The molecule has 1 aliphatic carbocycles. The average molecular weight is 326 g/mol. The van der Waals surface area contributed by atoms with Gasteiger partial charge < -0.3 is 10.4 Å². The Morgan fingerprint density at radius 2 is 1.96 bits per heavy atom. The Balaban J connectivity index is 1.77. The molecule has 2 aliphatic rings. The highest BCUT2D eigenvalue weighted by Gasteiger charge is 2.38. The van der Waals surface area contributed by atoms with Crippen molar-refractivity contribution in [3.63, 3.8) is 0 Å². The van der Waals surface area contributed by atoms with E-state index in [2.05, 4.69) is 29.6 Å². The number of carboxylic acid groups (broad SMARTS) is 1. The molecular formula is C19H16ClNO2.